The third kappa shape index (κ3) is 3.67. The van der Waals surface area contributed by atoms with Crippen LogP contribution in [0.4, 0.5) is 15.3 Å². The molecule has 3 N–H and O–H groups in total. The summed E-state index contributed by atoms with van der Waals surface area (Å²) in [4.78, 5) is 51.9. The van der Waals surface area contributed by atoms with Crippen LogP contribution in [0.3, 0.4) is 0 Å². The topological polar surface area (TPSA) is 117 Å². The normalized spacial score (nSPS) is 25.1. The molecule has 2 fully saturated rings. The van der Waals surface area contributed by atoms with Gasteiger partial charge in [0.1, 0.15) is 0 Å². The molecule has 1 spiro atoms. The first-order valence-electron chi connectivity index (χ1n) is 11.4. The number of alkyl carbamates (subject to hydrolysis) is 1. The molecule has 5 rings (SSSR count). The number of hydrogen-bond donors (Lipinski definition) is 3. The maximum atomic E-state index is 13.5. The fourth-order valence-electron chi connectivity index (χ4n) is 5.44. The van der Waals surface area contributed by atoms with Gasteiger partial charge in [0.05, 0.1) is 6.04 Å². The molecule has 5 amide bonds. The Labute approximate surface area is 196 Å². The fourth-order valence-corrected chi connectivity index (χ4v) is 5.44. The zero-order valence-electron chi connectivity index (χ0n) is 18.8. The van der Waals surface area contributed by atoms with E-state index in [2.05, 4.69) is 16.0 Å². The number of carbonyl (C=O) groups excluding carboxylic acids is 4. The van der Waals surface area contributed by atoms with E-state index < -0.39 is 17.6 Å². The van der Waals surface area contributed by atoms with Gasteiger partial charge in [-0.2, -0.15) is 0 Å². The summed E-state index contributed by atoms with van der Waals surface area (Å²) < 4.78 is 5.49. The van der Waals surface area contributed by atoms with Gasteiger partial charge in [0, 0.05) is 37.7 Å². The Bertz CT molecular complexity index is 1170. The molecular weight excluding hydrogens is 436 g/mol. The SMILES string of the molecule is CNC(=O)Nc1ccc2c(c1)C(CC(=O)N1CCC[C@H]1c1ccccc1)CC21OC(=O)NC1=O. The van der Waals surface area contributed by atoms with Crippen molar-refractivity contribution in [1.29, 1.82) is 0 Å². The van der Waals surface area contributed by atoms with Gasteiger partial charge in [-0.25, -0.2) is 9.59 Å². The van der Waals surface area contributed by atoms with Gasteiger partial charge in [-0.3, -0.25) is 14.9 Å². The quantitative estimate of drug-likeness (QED) is 0.645. The lowest BCUT2D eigenvalue weighted by molar-refractivity contribution is -0.135. The average molecular weight is 463 g/mol. The number of amides is 5. The highest BCUT2D eigenvalue weighted by Crippen LogP contribution is 2.51. The van der Waals surface area contributed by atoms with Crippen LogP contribution in [0, 0.1) is 0 Å². The molecule has 2 heterocycles. The molecule has 3 aliphatic rings. The van der Waals surface area contributed by atoms with Crippen molar-refractivity contribution < 1.29 is 23.9 Å². The van der Waals surface area contributed by atoms with Crippen molar-refractivity contribution in [1.82, 2.24) is 15.5 Å². The molecule has 34 heavy (non-hydrogen) atoms. The second kappa shape index (κ2) is 8.48. The molecule has 0 bridgehead atoms. The van der Waals surface area contributed by atoms with Crippen molar-refractivity contribution in [3.8, 4) is 0 Å². The lowest BCUT2D eigenvalue weighted by Gasteiger charge is -2.27. The van der Waals surface area contributed by atoms with Crippen LogP contribution in [0.5, 0.6) is 0 Å². The molecule has 0 radical (unpaired) electrons. The Morgan fingerprint density at radius 3 is 2.68 bits per heavy atom. The van der Waals surface area contributed by atoms with E-state index in [0.29, 0.717) is 17.8 Å². The van der Waals surface area contributed by atoms with Crippen molar-refractivity contribution in [2.75, 3.05) is 18.9 Å². The largest absolute Gasteiger partial charge is 0.427 e. The molecule has 2 saturated heterocycles. The Morgan fingerprint density at radius 2 is 1.97 bits per heavy atom. The van der Waals surface area contributed by atoms with Crippen LogP contribution in [0.25, 0.3) is 0 Å². The molecule has 176 valence electrons. The first-order chi connectivity index (χ1) is 16.4. The monoisotopic (exact) mass is 462 g/mol. The number of likely N-dealkylation sites (tertiary alicyclic amines) is 1. The molecule has 2 aliphatic heterocycles. The van der Waals surface area contributed by atoms with Crippen LogP contribution in [-0.2, 0) is 19.9 Å². The summed E-state index contributed by atoms with van der Waals surface area (Å²) in [5, 5.41) is 7.45. The zero-order valence-corrected chi connectivity index (χ0v) is 18.8. The number of anilines is 1. The van der Waals surface area contributed by atoms with E-state index in [-0.39, 0.29) is 36.7 Å². The van der Waals surface area contributed by atoms with Crippen LogP contribution in [-0.4, -0.2) is 42.4 Å². The summed E-state index contributed by atoms with van der Waals surface area (Å²) >= 11 is 0. The number of imide groups is 1. The van der Waals surface area contributed by atoms with E-state index >= 15 is 0 Å². The molecule has 0 aromatic heterocycles. The van der Waals surface area contributed by atoms with Gasteiger partial charge in [0.15, 0.2) is 0 Å². The number of urea groups is 1. The molecule has 9 heteroatoms. The van der Waals surface area contributed by atoms with Crippen molar-refractivity contribution in [3.63, 3.8) is 0 Å². The van der Waals surface area contributed by atoms with Gasteiger partial charge in [-0.15, -0.1) is 0 Å². The van der Waals surface area contributed by atoms with Gasteiger partial charge < -0.3 is 20.3 Å². The number of carbonyl (C=O) groups is 4. The summed E-state index contributed by atoms with van der Waals surface area (Å²) in [7, 11) is 1.51. The van der Waals surface area contributed by atoms with E-state index in [4.69, 9.17) is 4.74 Å². The third-order valence-corrected chi connectivity index (χ3v) is 6.97. The average Bonchev–Trinajstić information content (AvgIpc) is 3.51. The molecule has 2 aromatic carbocycles. The Balaban J connectivity index is 1.44. The number of ether oxygens (including phenoxy) is 1. The number of nitrogens with zero attached hydrogens (tertiary/aromatic N) is 1. The predicted octanol–water partition coefficient (Wildman–Crippen LogP) is 3.14. The lowest BCUT2D eigenvalue weighted by Crippen LogP contribution is -2.35. The molecular formula is C25H26N4O5. The van der Waals surface area contributed by atoms with E-state index in [9.17, 15) is 19.2 Å². The summed E-state index contributed by atoms with van der Waals surface area (Å²) in [5.74, 6) is -0.875. The highest BCUT2D eigenvalue weighted by atomic mass is 16.6. The molecule has 2 aromatic rings. The maximum Gasteiger partial charge on any atom is 0.415 e. The summed E-state index contributed by atoms with van der Waals surface area (Å²) in [5.41, 5.74) is 1.46. The Hall–Kier alpha value is -3.88. The molecule has 3 atom stereocenters. The van der Waals surface area contributed by atoms with Crippen LogP contribution in [0.15, 0.2) is 48.5 Å². The minimum Gasteiger partial charge on any atom is -0.427 e. The maximum absolute atomic E-state index is 13.5. The summed E-state index contributed by atoms with van der Waals surface area (Å²) in [6.45, 7) is 0.677. The summed E-state index contributed by atoms with van der Waals surface area (Å²) in [6.07, 6.45) is 1.39. The minimum atomic E-state index is -1.45. The van der Waals surface area contributed by atoms with Gasteiger partial charge >= 0.3 is 12.1 Å². The Morgan fingerprint density at radius 1 is 1.18 bits per heavy atom. The molecule has 9 nitrogen and oxygen atoms in total. The lowest BCUT2D eigenvalue weighted by atomic mass is 9.94. The van der Waals surface area contributed by atoms with Crippen LogP contribution < -0.4 is 16.0 Å². The number of benzene rings is 2. The van der Waals surface area contributed by atoms with E-state index in [1.807, 2.05) is 35.2 Å². The number of nitrogens with one attached hydrogen (secondary N) is 3. The predicted molar refractivity (Wildman–Crippen MR) is 123 cm³/mol. The fraction of sp³-hybridized carbons (Fsp3) is 0.360. The Kier molecular flexibility index (Phi) is 5.47. The number of hydrogen-bond acceptors (Lipinski definition) is 5. The first kappa shape index (κ1) is 21.9. The van der Waals surface area contributed by atoms with Crippen LogP contribution in [0.1, 0.15) is 54.3 Å². The van der Waals surface area contributed by atoms with E-state index in [1.54, 1.807) is 18.2 Å². The van der Waals surface area contributed by atoms with Crippen LogP contribution in [0.2, 0.25) is 0 Å². The zero-order chi connectivity index (χ0) is 23.9. The van der Waals surface area contributed by atoms with Crippen molar-refractivity contribution in [3.05, 3.63) is 65.2 Å². The van der Waals surface area contributed by atoms with Crippen molar-refractivity contribution in [2.24, 2.45) is 0 Å². The van der Waals surface area contributed by atoms with Crippen molar-refractivity contribution >= 4 is 29.6 Å². The molecule has 1 aliphatic carbocycles. The highest BCUT2D eigenvalue weighted by Gasteiger charge is 2.57. The standard InChI is InChI=1S/C25H26N4O5/c1-26-23(32)27-17-9-10-19-18(13-17)16(14-25(19)22(31)28-24(33)34-25)12-21(30)29-11-5-8-20(29)15-6-3-2-4-7-15/h2-4,6-7,9-10,13,16,20H,5,8,11-12,14H2,1H3,(H2,26,27,32)(H,28,31,33)/t16?,20-,25?/m0/s1. The molecule has 0 saturated carbocycles. The smallest absolute Gasteiger partial charge is 0.415 e. The van der Waals surface area contributed by atoms with Gasteiger partial charge in [0.25, 0.3) is 5.91 Å². The van der Waals surface area contributed by atoms with Gasteiger partial charge in [0.2, 0.25) is 11.5 Å². The summed E-state index contributed by atoms with van der Waals surface area (Å²) in [6, 6.07) is 14.7. The van der Waals surface area contributed by atoms with E-state index in [0.717, 1.165) is 24.0 Å². The van der Waals surface area contributed by atoms with Gasteiger partial charge in [-0.1, -0.05) is 36.4 Å². The second-order valence-corrected chi connectivity index (χ2v) is 8.94. The van der Waals surface area contributed by atoms with E-state index in [1.165, 1.54) is 7.05 Å². The molecule has 2 unspecified atom stereocenters. The van der Waals surface area contributed by atoms with Crippen molar-refractivity contribution in [2.45, 2.75) is 43.2 Å². The third-order valence-electron chi connectivity index (χ3n) is 6.97. The van der Waals surface area contributed by atoms with Crippen LogP contribution >= 0.6 is 0 Å². The van der Waals surface area contributed by atoms with Gasteiger partial charge in [-0.05, 0) is 42.0 Å². The number of rotatable bonds is 4. The second-order valence-electron chi connectivity index (χ2n) is 8.94. The highest BCUT2D eigenvalue weighted by molar-refractivity contribution is 6.04. The minimum absolute atomic E-state index is 0.00579. The first-order valence-corrected chi connectivity index (χ1v) is 11.4. The number of fused-ring (bicyclic) bond motifs is 2.